The second-order valence-electron chi connectivity index (χ2n) is 4.08. The molecule has 2 aromatic rings. The molecule has 0 aromatic heterocycles. The first-order valence-electron chi connectivity index (χ1n) is 5.84. The maximum atomic E-state index is 12.4. The molecule has 0 heterocycles. The van der Waals surface area contributed by atoms with E-state index in [1.54, 1.807) is 31.4 Å². The highest BCUT2D eigenvalue weighted by Crippen LogP contribution is 2.29. The second-order valence-corrected chi connectivity index (χ2v) is 4.08. The Bertz CT molecular complexity index is 603. The van der Waals surface area contributed by atoms with Crippen molar-refractivity contribution in [3.63, 3.8) is 0 Å². The molecule has 0 atom stereocenters. The van der Waals surface area contributed by atoms with Crippen molar-refractivity contribution in [2.45, 2.75) is 6.18 Å². The van der Waals surface area contributed by atoms with Gasteiger partial charge in [0.25, 0.3) is 0 Å². The highest BCUT2D eigenvalue weighted by atomic mass is 19.4. The Hall–Kier alpha value is -2.30. The van der Waals surface area contributed by atoms with E-state index in [9.17, 15) is 13.2 Å². The summed E-state index contributed by atoms with van der Waals surface area (Å²) in [5.41, 5.74) is 0.598. The van der Waals surface area contributed by atoms with Crippen molar-refractivity contribution in [2.75, 3.05) is 7.11 Å². The zero-order chi connectivity index (χ0) is 14.6. The molecule has 0 spiro atoms. The minimum Gasteiger partial charge on any atom is -0.497 e. The molecule has 0 aliphatic heterocycles. The molecule has 2 rings (SSSR count). The lowest BCUT2D eigenvalue weighted by Gasteiger charge is -2.05. The van der Waals surface area contributed by atoms with Crippen molar-refractivity contribution < 1.29 is 17.9 Å². The molecule has 2 nitrogen and oxygen atoms in total. The van der Waals surface area contributed by atoms with Crippen LogP contribution in [0.2, 0.25) is 0 Å². The molecule has 0 aliphatic rings. The third-order valence-electron chi connectivity index (χ3n) is 2.65. The van der Waals surface area contributed by atoms with Gasteiger partial charge < -0.3 is 4.74 Å². The normalized spacial score (nSPS) is 11.8. The summed E-state index contributed by atoms with van der Waals surface area (Å²) >= 11 is 0. The quantitative estimate of drug-likeness (QED) is 0.760. The minimum absolute atomic E-state index is 0.598. The fraction of sp³-hybridized carbons (Fsp3) is 0.133. The first-order valence-corrected chi connectivity index (χ1v) is 5.84. The number of nitrogens with zero attached hydrogens (tertiary/aromatic N) is 1. The van der Waals surface area contributed by atoms with E-state index in [0.717, 1.165) is 12.1 Å². The van der Waals surface area contributed by atoms with E-state index in [-0.39, 0.29) is 0 Å². The molecule has 0 unspecified atom stereocenters. The number of ether oxygens (including phenoxy) is 1. The first-order chi connectivity index (χ1) is 9.49. The van der Waals surface area contributed by atoms with Gasteiger partial charge in [0.15, 0.2) is 0 Å². The van der Waals surface area contributed by atoms with Crippen LogP contribution < -0.4 is 4.74 Å². The summed E-state index contributed by atoms with van der Waals surface area (Å²) in [6.07, 6.45) is -2.81. The molecule has 0 N–H and O–H groups in total. The second kappa shape index (κ2) is 5.77. The summed E-state index contributed by atoms with van der Waals surface area (Å²) in [7, 11) is 1.55. The Morgan fingerprint density at radius 3 is 2.35 bits per heavy atom. The Balaban J connectivity index is 2.15. The van der Waals surface area contributed by atoms with E-state index < -0.39 is 11.7 Å². The maximum absolute atomic E-state index is 12.4. The SMILES string of the molecule is COc1cccc(N=Cc2ccc(C(F)(F)F)cc2)c1. The van der Waals surface area contributed by atoms with Crippen molar-refractivity contribution in [2.24, 2.45) is 4.99 Å². The summed E-state index contributed by atoms with van der Waals surface area (Å²) in [5, 5.41) is 0. The van der Waals surface area contributed by atoms with E-state index in [0.29, 0.717) is 17.0 Å². The van der Waals surface area contributed by atoms with Gasteiger partial charge in [-0.2, -0.15) is 13.2 Å². The van der Waals surface area contributed by atoms with Gasteiger partial charge in [-0.1, -0.05) is 18.2 Å². The first kappa shape index (κ1) is 14.1. The fourth-order valence-electron chi connectivity index (χ4n) is 1.60. The van der Waals surface area contributed by atoms with Gasteiger partial charge in [-0.25, -0.2) is 0 Å². The number of alkyl halides is 3. The highest BCUT2D eigenvalue weighted by Gasteiger charge is 2.29. The van der Waals surface area contributed by atoms with E-state index in [1.807, 2.05) is 0 Å². The molecule has 104 valence electrons. The summed E-state index contributed by atoms with van der Waals surface area (Å²) in [6, 6.07) is 11.9. The average molecular weight is 279 g/mol. The summed E-state index contributed by atoms with van der Waals surface area (Å²) in [4.78, 5) is 4.19. The number of hydrogen-bond donors (Lipinski definition) is 0. The summed E-state index contributed by atoms with van der Waals surface area (Å²) in [6.45, 7) is 0. The van der Waals surface area contributed by atoms with Crippen LogP contribution in [0.4, 0.5) is 18.9 Å². The van der Waals surface area contributed by atoms with Crippen LogP contribution in [0.3, 0.4) is 0 Å². The van der Waals surface area contributed by atoms with Crippen LogP contribution >= 0.6 is 0 Å². The van der Waals surface area contributed by atoms with Gasteiger partial charge in [-0.05, 0) is 29.8 Å². The van der Waals surface area contributed by atoms with Crippen molar-refractivity contribution in [1.82, 2.24) is 0 Å². The molecule has 0 aliphatic carbocycles. The van der Waals surface area contributed by atoms with Gasteiger partial charge in [0, 0.05) is 12.3 Å². The van der Waals surface area contributed by atoms with Crippen molar-refractivity contribution in [3.8, 4) is 5.75 Å². The van der Waals surface area contributed by atoms with Crippen LogP contribution in [0.25, 0.3) is 0 Å². The standard InChI is InChI=1S/C15H12F3NO/c1-20-14-4-2-3-13(9-14)19-10-11-5-7-12(8-6-11)15(16,17)18/h2-10H,1H3. The number of benzene rings is 2. The van der Waals surface area contributed by atoms with Gasteiger partial charge in [-0.3, -0.25) is 4.99 Å². The molecular formula is C15H12F3NO. The molecule has 0 amide bonds. The predicted octanol–water partition coefficient (Wildman–Crippen LogP) is 4.46. The number of rotatable bonds is 3. The zero-order valence-electron chi connectivity index (χ0n) is 10.7. The monoisotopic (exact) mass is 279 g/mol. The lowest BCUT2D eigenvalue weighted by Crippen LogP contribution is -2.04. The van der Waals surface area contributed by atoms with Crippen LogP contribution in [0, 0.1) is 0 Å². The molecule has 0 fully saturated rings. The third-order valence-corrected chi connectivity index (χ3v) is 2.65. The minimum atomic E-state index is -4.32. The van der Waals surface area contributed by atoms with Gasteiger partial charge in [-0.15, -0.1) is 0 Å². The van der Waals surface area contributed by atoms with Crippen LogP contribution in [-0.4, -0.2) is 13.3 Å². The molecule has 5 heteroatoms. The van der Waals surface area contributed by atoms with Crippen LogP contribution in [-0.2, 0) is 6.18 Å². The molecule has 0 bridgehead atoms. The van der Waals surface area contributed by atoms with E-state index >= 15 is 0 Å². The molecule has 0 saturated carbocycles. The lowest BCUT2D eigenvalue weighted by atomic mass is 10.1. The number of halogens is 3. The van der Waals surface area contributed by atoms with Gasteiger partial charge in [0.05, 0.1) is 18.4 Å². The average Bonchev–Trinajstić information content (AvgIpc) is 2.45. The lowest BCUT2D eigenvalue weighted by molar-refractivity contribution is -0.137. The van der Waals surface area contributed by atoms with Gasteiger partial charge >= 0.3 is 6.18 Å². The molecule has 0 radical (unpaired) electrons. The van der Waals surface area contributed by atoms with E-state index in [4.69, 9.17) is 4.74 Å². The Labute approximate surface area is 114 Å². The van der Waals surface area contributed by atoms with Crippen LogP contribution in [0.15, 0.2) is 53.5 Å². The third kappa shape index (κ3) is 3.60. The van der Waals surface area contributed by atoms with E-state index in [2.05, 4.69) is 4.99 Å². The van der Waals surface area contributed by atoms with Crippen molar-refractivity contribution in [1.29, 1.82) is 0 Å². The Morgan fingerprint density at radius 2 is 1.75 bits per heavy atom. The van der Waals surface area contributed by atoms with Crippen LogP contribution in [0.5, 0.6) is 5.75 Å². The van der Waals surface area contributed by atoms with Crippen molar-refractivity contribution >= 4 is 11.9 Å². The fourth-order valence-corrected chi connectivity index (χ4v) is 1.60. The Kier molecular flexibility index (Phi) is 4.08. The smallest absolute Gasteiger partial charge is 0.416 e. The number of hydrogen-bond acceptors (Lipinski definition) is 2. The maximum Gasteiger partial charge on any atom is 0.416 e. The summed E-state index contributed by atoms with van der Waals surface area (Å²) < 4.78 is 42.3. The molecule has 2 aromatic carbocycles. The molecule has 0 saturated heterocycles. The Morgan fingerprint density at radius 1 is 1.05 bits per heavy atom. The van der Waals surface area contributed by atoms with Crippen LogP contribution in [0.1, 0.15) is 11.1 Å². The van der Waals surface area contributed by atoms with Gasteiger partial charge in [0.2, 0.25) is 0 Å². The summed E-state index contributed by atoms with van der Waals surface area (Å²) in [5.74, 6) is 0.673. The predicted molar refractivity (Wildman–Crippen MR) is 71.7 cm³/mol. The zero-order valence-corrected chi connectivity index (χ0v) is 10.7. The molecular weight excluding hydrogens is 267 g/mol. The highest BCUT2D eigenvalue weighted by molar-refractivity contribution is 5.82. The van der Waals surface area contributed by atoms with E-state index in [1.165, 1.54) is 18.3 Å². The number of aliphatic imine (C=N–C) groups is 1. The largest absolute Gasteiger partial charge is 0.497 e. The topological polar surface area (TPSA) is 21.6 Å². The molecule has 20 heavy (non-hydrogen) atoms. The van der Waals surface area contributed by atoms with Crippen molar-refractivity contribution in [3.05, 3.63) is 59.7 Å². The van der Waals surface area contributed by atoms with Gasteiger partial charge in [0.1, 0.15) is 5.75 Å². The number of methoxy groups -OCH3 is 1.